The highest BCUT2D eigenvalue weighted by atomic mass is 32.2. The Morgan fingerprint density at radius 3 is 2.33 bits per heavy atom. The molecule has 2 aromatic rings. The van der Waals surface area contributed by atoms with Crippen LogP contribution in [0.4, 0.5) is 0 Å². The fraction of sp³-hybridized carbons (Fsp3) is 0. The number of rotatable bonds is 1. The molecule has 0 unspecified atom stereocenters. The Morgan fingerprint density at radius 1 is 1.00 bits per heavy atom. The van der Waals surface area contributed by atoms with Crippen molar-refractivity contribution in [1.82, 2.24) is 0 Å². The molecule has 0 aliphatic carbocycles. The number of thiol groups is 1. The Morgan fingerprint density at radius 2 is 1.67 bits per heavy atom. The van der Waals surface area contributed by atoms with Crippen LogP contribution in [0.3, 0.4) is 0 Å². The van der Waals surface area contributed by atoms with Crippen molar-refractivity contribution in [3.63, 3.8) is 0 Å². The summed E-state index contributed by atoms with van der Waals surface area (Å²) in [5.41, 5.74) is 0. The van der Waals surface area contributed by atoms with E-state index in [-0.39, 0.29) is 4.90 Å². The van der Waals surface area contributed by atoms with Crippen molar-refractivity contribution in [2.75, 3.05) is 0 Å². The van der Waals surface area contributed by atoms with Gasteiger partial charge in [0.05, 0.1) is 4.90 Å². The fourth-order valence-electron chi connectivity index (χ4n) is 1.37. The fourth-order valence-corrected chi connectivity index (χ4v) is 2.10. The van der Waals surface area contributed by atoms with Gasteiger partial charge in [0.1, 0.15) is 0 Å². The minimum Gasteiger partial charge on any atom is -0.282 e. The Bertz CT molecular complexity index is 618. The van der Waals surface area contributed by atoms with E-state index < -0.39 is 10.1 Å². The Kier molecular flexibility index (Phi) is 2.46. The van der Waals surface area contributed by atoms with E-state index in [2.05, 4.69) is 12.6 Å². The predicted octanol–water partition coefficient (Wildman–Crippen LogP) is 2.38. The Balaban J connectivity index is 2.75. The van der Waals surface area contributed by atoms with Crippen LogP contribution in [0.15, 0.2) is 46.2 Å². The molecule has 2 rings (SSSR count). The van der Waals surface area contributed by atoms with Crippen LogP contribution in [0.25, 0.3) is 10.8 Å². The van der Waals surface area contributed by atoms with Crippen molar-refractivity contribution >= 4 is 33.5 Å². The molecule has 0 saturated carbocycles. The SMILES string of the molecule is O=S(=O)(O)c1ccc2ccc(S)cc2c1. The third-order valence-corrected chi connectivity index (χ3v) is 3.22. The van der Waals surface area contributed by atoms with Gasteiger partial charge in [0.2, 0.25) is 0 Å². The van der Waals surface area contributed by atoms with Crippen molar-refractivity contribution < 1.29 is 13.0 Å². The van der Waals surface area contributed by atoms with E-state index in [1.807, 2.05) is 12.1 Å². The van der Waals surface area contributed by atoms with Gasteiger partial charge in [-0.05, 0) is 35.0 Å². The minimum absolute atomic E-state index is 0.103. The first kappa shape index (κ1) is 10.5. The van der Waals surface area contributed by atoms with Gasteiger partial charge in [0.25, 0.3) is 10.1 Å². The maximum absolute atomic E-state index is 10.9. The topological polar surface area (TPSA) is 54.4 Å². The number of fused-ring (bicyclic) bond motifs is 1. The van der Waals surface area contributed by atoms with Crippen molar-refractivity contribution in [3.8, 4) is 0 Å². The van der Waals surface area contributed by atoms with E-state index in [1.54, 1.807) is 12.1 Å². The van der Waals surface area contributed by atoms with Crippen LogP contribution in [0.1, 0.15) is 0 Å². The minimum atomic E-state index is -4.13. The molecule has 0 saturated heterocycles. The Labute approximate surface area is 92.9 Å². The molecule has 0 radical (unpaired) electrons. The summed E-state index contributed by atoms with van der Waals surface area (Å²) in [5.74, 6) is 0. The first-order chi connectivity index (χ1) is 6.97. The molecular formula is C10H8O3S2. The van der Waals surface area contributed by atoms with Crippen molar-refractivity contribution in [2.24, 2.45) is 0 Å². The molecule has 0 atom stereocenters. The lowest BCUT2D eigenvalue weighted by Crippen LogP contribution is -1.97. The average Bonchev–Trinajstić information content (AvgIpc) is 2.15. The van der Waals surface area contributed by atoms with Gasteiger partial charge in [-0.25, -0.2) is 0 Å². The molecule has 0 amide bonds. The zero-order valence-corrected chi connectivity index (χ0v) is 9.29. The monoisotopic (exact) mass is 240 g/mol. The molecule has 5 heteroatoms. The van der Waals surface area contributed by atoms with Crippen molar-refractivity contribution in [3.05, 3.63) is 36.4 Å². The van der Waals surface area contributed by atoms with E-state index in [0.717, 1.165) is 15.7 Å². The maximum Gasteiger partial charge on any atom is 0.294 e. The number of hydrogen-bond donors (Lipinski definition) is 2. The molecule has 0 aliphatic rings. The standard InChI is InChI=1S/C10H8O3S2/c11-15(12,13)10-4-2-7-1-3-9(14)5-8(7)6-10/h1-6,14H,(H,11,12,13). The summed E-state index contributed by atoms with van der Waals surface area (Å²) in [6.45, 7) is 0. The van der Waals surface area contributed by atoms with Crippen LogP contribution in [0, 0.1) is 0 Å². The Hall–Kier alpha value is -1.04. The first-order valence-electron chi connectivity index (χ1n) is 4.17. The van der Waals surface area contributed by atoms with Crippen LogP contribution >= 0.6 is 12.6 Å². The lowest BCUT2D eigenvalue weighted by molar-refractivity contribution is 0.483. The lowest BCUT2D eigenvalue weighted by atomic mass is 10.1. The second kappa shape index (κ2) is 3.52. The molecule has 0 spiro atoms. The van der Waals surface area contributed by atoms with Gasteiger partial charge >= 0.3 is 0 Å². The van der Waals surface area contributed by atoms with E-state index in [9.17, 15) is 8.42 Å². The molecule has 15 heavy (non-hydrogen) atoms. The second-order valence-electron chi connectivity index (χ2n) is 3.17. The molecule has 1 N–H and O–H groups in total. The van der Waals surface area contributed by atoms with Gasteiger partial charge in [-0.1, -0.05) is 12.1 Å². The first-order valence-corrected chi connectivity index (χ1v) is 6.06. The zero-order valence-electron chi connectivity index (χ0n) is 7.58. The molecule has 0 heterocycles. The summed E-state index contributed by atoms with van der Waals surface area (Å²) in [6, 6.07) is 9.84. The highest BCUT2D eigenvalue weighted by Gasteiger charge is 2.09. The van der Waals surface area contributed by atoms with Crippen LogP contribution in [0.5, 0.6) is 0 Å². The van der Waals surface area contributed by atoms with E-state index >= 15 is 0 Å². The average molecular weight is 240 g/mol. The summed E-state index contributed by atoms with van der Waals surface area (Å²) < 4.78 is 30.7. The quantitative estimate of drug-likeness (QED) is 0.594. The van der Waals surface area contributed by atoms with Gasteiger partial charge in [0, 0.05) is 4.90 Å². The molecular weight excluding hydrogens is 232 g/mol. The third-order valence-electron chi connectivity index (χ3n) is 2.09. The molecule has 2 aromatic carbocycles. The summed E-state index contributed by atoms with van der Waals surface area (Å²) in [5, 5.41) is 1.64. The zero-order chi connectivity index (χ0) is 11.1. The third kappa shape index (κ3) is 2.14. The smallest absolute Gasteiger partial charge is 0.282 e. The summed E-state index contributed by atoms with van der Waals surface area (Å²) in [6.07, 6.45) is 0. The van der Waals surface area contributed by atoms with Gasteiger partial charge < -0.3 is 0 Å². The van der Waals surface area contributed by atoms with Crippen LogP contribution in [-0.4, -0.2) is 13.0 Å². The summed E-state index contributed by atoms with van der Waals surface area (Å²) >= 11 is 4.16. The highest BCUT2D eigenvalue weighted by Crippen LogP contribution is 2.21. The molecule has 0 aliphatic heterocycles. The van der Waals surface area contributed by atoms with Gasteiger partial charge in [-0.3, -0.25) is 4.55 Å². The van der Waals surface area contributed by atoms with Crippen LogP contribution in [-0.2, 0) is 10.1 Å². The molecule has 78 valence electrons. The normalized spacial score (nSPS) is 11.9. The van der Waals surface area contributed by atoms with Gasteiger partial charge in [0.15, 0.2) is 0 Å². The number of benzene rings is 2. The molecule has 0 bridgehead atoms. The van der Waals surface area contributed by atoms with Gasteiger partial charge in [-0.15, -0.1) is 12.6 Å². The van der Waals surface area contributed by atoms with Crippen LogP contribution < -0.4 is 0 Å². The van der Waals surface area contributed by atoms with E-state index in [1.165, 1.54) is 12.1 Å². The molecule has 0 fully saturated rings. The predicted molar refractivity (Wildman–Crippen MR) is 61.0 cm³/mol. The number of hydrogen-bond acceptors (Lipinski definition) is 3. The van der Waals surface area contributed by atoms with Crippen molar-refractivity contribution in [1.29, 1.82) is 0 Å². The highest BCUT2D eigenvalue weighted by molar-refractivity contribution is 7.85. The summed E-state index contributed by atoms with van der Waals surface area (Å²) in [4.78, 5) is 0.643. The summed E-state index contributed by atoms with van der Waals surface area (Å²) in [7, 11) is -4.13. The van der Waals surface area contributed by atoms with E-state index in [4.69, 9.17) is 4.55 Å². The van der Waals surface area contributed by atoms with Gasteiger partial charge in [-0.2, -0.15) is 8.42 Å². The van der Waals surface area contributed by atoms with Crippen molar-refractivity contribution in [2.45, 2.75) is 9.79 Å². The molecule has 0 aromatic heterocycles. The molecule has 3 nitrogen and oxygen atoms in total. The maximum atomic E-state index is 10.9. The lowest BCUT2D eigenvalue weighted by Gasteiger charge is -2.01. The van der Waals surface area contributed by atoms with E-state index in [0.29, 0.717) is 0 Å². The largest absolute Gasteiger partial charge is 0.294 e. The second-order valence-corrected chi connectivity index (χ2v) is 5.11. The van der Waals surface area contributed by atoms with Crippen LogP contribution in [0.2, 0.25) is 0 Å².